The van der Waals surface area contributed by atoms with E-state index in [9.17, 15) is 4.79 Å². The highest BCUT2D eigenvalue weighted by molar-refractivity contribution is 5.78. The zero-order valence-corrected chi connectivity index (χ0v) is 11.1. The van der Waals surface area contributed by atoms with Crippen LogP contribution in [0.3, 0.4) is 0 Å². The van der Waals surface area contributed by atoms with E-state index in [2.05, 4.69) is 31.2 Å². The van der Waals surface area contributed by atoms with Crippen LogP contribution in [0.4, 0.5) is 0 Å². The Labute approximate surface area is 109 Å². The van der Waals surface area contributed by atoms with Gasteiger partial charge in [0.25, 0.3) is 0 Å². The second kappa shape index (κ2) is 6.01. The number of likely N-dealkylation sites (tertiary alicyclic amines) is 1. The fourth-order valence-corrected chi connectivity index (χ4v) is 2.42. The topological polar surface area (TPSA) is 46.3 Å². The fourth-order valence-electron chi connectivity index (χ4n) is 2.42. The average Bonchev–Trinajstić information content (AvgIpc) is 2.39. The van der Waals surface area contributed by atoms with Gasteiger partial charge in [-0.05, 0) is 30.4 Å². The van der Waals surface area contributed by atoms with Crippen molar-refractivity contribution in [1.82, 2.24) is 4.90 Å². The Hall–Kier alpha value is -1.35. The summed E-state index contributed by atoms with van der Waals surface area (Å²) >= 11 is 0. The molecule has 0 saturated carbocycles. The van der Waals surface area contributed by atoms with Crippen molar-refractivity contribution in [3.8, 4) is 0 Å². The molecule has 0 aromatic heterocycles. The fraction of sp³-hybridized carbons (Fsp3) is 0.533. The van der Waals surface area contributed by atoms with Crippen LogP contribution in [-0.4, -0.2) is 29.9 Å². The van der Waals surface area contributed by atoms with Crippen LogP contribution in [0.2, 0.25) is 0 Å². The van der Waals surface area contributed by atoms with Gasteiger partial charge in [-0.3, -0.25) is 4.79 Å². The van der Waals surface area contributed by atoms with Gasteiger partial charge in [0, 0.05) is 19.1 Å². The Balaban J connectivity index is 1.93. The van der Waals surface area contributed by atoms with Crippen molar-refractivity contribution in [2.24, 2.45) is 5.73 Å². The van der Waals surface area contributed by atoms with E-state index in [0.29, 0.717) is 13.0 Å². The summed E-state index contributed by atoms with van der Waals surface area (Å²) in [6.45, 7) is 3.71. The average molecular weight is 246 g/mol. The summed E-state index contributed by atoms with van der Waals surface area (Å²) in [5.41, 5.74) is 8.31. The summed E-state index contributed by atoms with van der Waals surface area (Å²) in [4.78, 5) is 14.0. The zero-order chi connectivity index (χ0) is 13.0. The normalized spacial score (nSPS) is 19.9. The Morgan fingerprint density at radius 2 is 2.00 bits per heavy atom. The van der Waals surface area contributed by atoms with E-state index in [0.717, 1.165) is 31.4 Å². The standard InChI is InChI=1S/C15H22N2O/c1-2-12-5-7-13(8-6-12)10-15(18)17-9-3-4-14(16)11-17/h5-8,14H,2-4,9-11,16H2,1H3. The number of carbonyl (C=O) groups excluding carboxylic acids is 1. The molecule has 1 unspecified atom stereocenters. The summed E-state index contributed by atoms with van der Waals surface area (Å²) in [7, 11) is 0. The molecule has 3 heteroatoms. The molecule has 0 spiro atoms. The maximum Gasteiger partial charge on any atom is 0.227 e. The molecule has 1 atom stereocenters. The maximum absolute atomic E-state index is 12.1. The maximum atomic E-state index is 12.1. The molecule has 3 nitrogen and oxygen atoms in total. The monoisotopic (exact) mass is 246 g/mol. The minimum atomic E-state index is 0.158. The van der Waals surface area contributed by atoms with E-state index in [1.165, 1.54) is 5.56 Å². The first-order valence-electron chi connectivity index (χ1n) is 6.80. The van der Waals surface area contributed by atoms with Gasteiger partial charge in [0.15, 0.2) is 0 Å². The molecular weight excluding hydrogens is 224 g/mol. The highest BCUT2D eigenvalue weighted by Crippen LogP contribution is 2.12. The predicted molar refractivity (Wildman–Crippen MR) is 73.3 cm³/mol. The Morgan fingerprint density at radius 3 is 2.61 bits per heavy atom. The predicted octanol–water partition coefficient (Wildman–Crippen LogP) is 1.74. The lowest BCUT2D eigenvalue weighted by Crippen LogP contribution is -2.46. The highest BCUT2D eigenvalue weighted by Gasteiger charge is 2.20. The van der Waals surface area contributed by atoms with Crippen LogP contribution in [0, 0.1) is 0 Å². The van der Waals surface area contributed by atoms with E-state index < -0.39 is 0 Å². The Morgan fingerprint density at radius 1 is 1.33 bits per heavy atom. The van der Waals surface area contributed by atoms with Crippen molar-refractivity contribution in [1.29, 1.82) is 0 Å². The summed E-state index contributed by atoms with van der Waals surface area (Å²) in [5, 5.41) is 0. The lowest BCUT2D eigenvalue weighted by molar-refractivity contribution is -0.131. The summed E-state index contributed by atoms with van der Waals surface area (Å²) in [6.07, 6.45) is 3.60. The first-order chi connectivity index (χ1) is 8.69. The number of benzene rings is 1. The summed E-state index contributed by atoms with van der Waals surface area (Å²) in [6, 6.07) is 8.47. The lowest BCUT2D eigenvalue weighted by Gasteiger charge is -2.30. The van der Waals surface area contributed by atoms with E-state index in [-0.39, 0.29) is 11.9 Å². The molecule has 18 heavy (non-hydrogen) atoms. The van der Waals surface area contributed by atoms with Crippen LogP contribution in [0.15, 0.2) is 24.3 Å². The molecule has 1 amide bonds. The van der Waals surface area contributed by atoms with Gasteiger partial charge >= 0.3 is 0 Å². The van der Waals surface area contributed by atoms with Crippen LogP contribution in [0.25, 0.3) is 0 Å². The first-order valence-corrected chi connectivity index (χ1v) is 6.80. The minimum Gasteiger partial charge on any atom is -0.341 e. The van der Waals surface area contributed by atoms with Crippen molar-refractivity contribution in [3.05, 3.63) is 35.4 Å². The van der Waals surface area contributed by atoms with Crippen LogP contribution < -0.4 is 5.73 Å². The van der Waals surface area contributed by atoms with Gasteiger partial charge in [-0.15, -0.1) is 0 Å². The highest BCUT2D eigenvalue weighted by atomic mass is 16.2. The molecular formula is C15H22N2O. The zero-order valence-electron chi connectivity index (χ0n) is 11.1. The Bertz CT molecular complexity index is 399. The SMILES string of the molecule is CCc1ccc(CC(=O)N2CCCC(N)C2)cc1. The molecule has 1 aromatic rings. The third kappa shape index (κ3) is 3.33. The second-order valence-corrected chi connectivity index (χ2v) is 5.09. The number of carbonyl (C=O) groups is 1. The molecule has 1 aromatic carbocycles. The quantitative estimate of drug-likeness (QED) is 0.883. The number of hydrogen-bond acceptors (Lipinski definition) is 2. The summed E-state index contributed by atoms with van der Waals surface area (Å²) in [5.74, 6) is 0.203. The molecule has 1 saturated heterocycles. The number of aryl methyl sites for hydroxylation is 1. The molecule has 2 rings (SSSR count). The molecule has 0 radical (unpaired) electrons. The van der Waals surface area contributed by atoms with Crippen molar-refractivity contribution >= 4 is 5.91 Å². The minimum absolute atomic E-state index is 0.158. The lowest BCUT2D eigenvalue weighted by atomic mass is 10.0. The molecule has 1 heterocycles. The van der Waals surface area contributed by atoms with Crippen LogP contribution in [-0.2, 0) is 17.6 Å². The van der Waals surface area contributed by atoms with Gasteiger partial charge in [-0.1, -0.05) is 31.2 Å². The van der Waals surface area contributed by atoms with Crippen molar-refractivity contribution in [2.75, 3.05) is 13.1 Å². The molecule has 98 valence electrons. The number of amides is 1. The van der Waals surface area contributed by atoms with Gasteiger partial charge in [0.05, 0.1) is 6.42 Å². The van der Waals surface area contributed by atoms with Gasteiger partial charge in [0.2, 0.25) is 5.91 Å². The third-order valence-electron chi connectivity index (χ3n) is 3.60. The second-order valence-electron chi connectivity index (χ2n) is 5.09. The first kappa shape index (κ1) is 13.1. The number of piperidine rings is 1. The van der Waals surface area contributed by atoms with Crippen molar-refractivity contribution in [3.63, 3.8) is 0 Å². The summed E-state index contributed by atoms with van der Waals surface area (Å²) < 4.78 is 0. The van der Waals surface area contributed by atoms with E-state index >= 15 is 0 Å². The Kier molecular flexibility index (Phi) is 4.37. The number of nitrogens with zero attached hydrogens (tertiary/aromatic N) is 1. The molecule has 0 aliphatic carbocycles. The molecule has 1 aliphatic rings. The smallest absolute Gasteiger partial charge is 0.227 e. The van der Waals surface area contributed by atoms with E-state index in [4.69, 9.17) is 5.73 Å². The van der Waals surface area contributed by atoms with Crippen LogP contribution in [0.5, 0.6) is 0 Å². The number of nitrogens with two attached hydrogens (primary N) is 1. The number of rotatable bonds is 3. The van der Waals surface area contributed by atoms with Gasteiger partial charge in [-0.2, -0.15) is 0 Å². The van der Waals surface area contributed by atoms with Crippen LogP contribution in [0.1, 0.15) is 30.9 Å². The molecule has 1 aliphatic heterocycles. The molecule has 2 N–H and O–H groups in total. The van der Waals surface area contributed by atoms with Crippen molar-refractivity contribution in [2.45, 2.75) is 38.6 Å². The van der Waals surface area contributed by atoms with E-state index in [1.54, 1.807) is 0 Å². The molecule has 0 bridgehead atoms. The van der Waals surface area contributed by atoms with Gasteiger partial charge in [0.1, 0.15) is 0 Å². The van der Waals surface area contributed by atoms with Crippen molar-refractivity contribution < 1.29 is 4.79 Å². The van der Waals surface area contributed by atoms with Crippen LogP contribution >= 0.6 is 0 Å². The molecule has 1 fully saturated rings. The number of hydrogen-bond donors (Lipinski definition) is 1. The van der Waals surface area contributed by atoms with Gasteiger partial charge in [-0.25, -0.2) is 0 Å². The van der Waals surface area contributed by atoms with E-state index in [1.807, 2.05) is 4.90 Å². The largest absolute Gasteiger partial charge is 0.341 e. The van der Waals surface area contributed by atoms with Gasteiger partial charge < -0.3 is 10.6 Å². The third-order valence-corrected chi connectivity index (χ3v) is 3.60.